The van der Waals surface area contributed by atoms with Gasteiger partial charge < -0.3 is 0 Å². The summed E-state index contributed by atoms with van der Waals surface area (Å²) in [7, 11) is 0. The standard InChI is InChI=1S/C10H18/c1-5-9-7-10(3,4)6-8(9)2/h6,9H,5,7H2,1-4H3. The Labute approximate surface area is 64.3 Å². The molecule has 0 heterocycles. The van der Waals surface area contributed by atoms with Gasteiger partial charge in [0.1, 0.15) is 0 Å². The maximum absolute atomic E-state index is 2.43. The average Bonchev–Trinajstić information content (AvgIpc) is 2.05. The van der Waals surface area contributed by atoms with Crippen LogP contribution in [0.15, 0.2) is 11.6 Å². The first-order valence-electron chi connectivity index (χ1n) is 4.24. The second-order valence-electron chi connectivity index (χ2n) is 4.19. The molecule has 1 atom stereocenters. The van der Waals surface area contributed by atoms with Crippen LogP contribution in [0.3, 0.4) is 0 Å². The van der Waals surface area contributed by atoms with Gasteiger partial charge in [0.15, 0.2) is 0 Å². The molecule has 0 nitrogen and oxygen atoms in total. The maximum atomic E-state index is 2.43. The minimum absolute atomic E-state index is 0.477. The van der Waals surface area contributed by atoms with Gasteiger partial charge in [-0.15, -0.1) is 0 Å². The SMILES string of the molecule is CCC1CC(C)(C)C=C1C. The molecule has 0 heteroatoms. The molecule has 0 aromatic carbocycles. The molecule has 0 fully saturated rings. The summed E-state index contributed by atoms with van der Waals surface area (Å²) in [6.07, 6.45) is 5.10. The molecule has 1 aliphatic carbocycles. The van der Waals surface area contributed by atoms with Crippen LogP contribution >= 0.6 is 0 Å². The van der Waals surface area contributed by atoms with Crippen LogP contribution < -0.4 is 0 Å². The van der Waals surface area contributed by atoms with Gasteiger partial charge in [-0.05, 0) is 31.1 Å². The van der Waals surface area contributed by atoms with Crippen LogP contribution in [-0.2, 0) is 0 Å². The topological polar surface area (TPSA) is 0 Å². The lowest BCUT2D eigenvalue weighted by Gasteiger charge is -2.16. The quantitative estimate of drug-likeness (QED) is 0.487. The molecule has 0 radical (unpaired) electrons. The van der Waals surface area contributed by atoms with E-state index in [9.17, 15) is 0 Å². The van der Waals surface area contributed by atoms with E-state index in [0.29, 0.717) is 5.41 Å². The van der Waals surface area contributed by atoms with Gasteiger partial charge in [0.05, 0.1) is 0 Å². The third kappa shape index (κ3) is 1.42. The Hall–Kier alpha value is -0.260. The summed E-state index contributed by atoms with van der Waals surface area (Å²) in [5.74, 6) is 0.870. The summed E-state index contributed by atoms with van der Waals surface area (Å²) in [5, 5.41) is 0. The Morgan fingerprint density at radius 3 is 2.40 bits per heavy atom. The van der Waals surface area contributed by atoms with E-state index in [4.69, 9.17) is 0 Å². The van der Waals surface area contributed by atoms with Crippen LogP contribution in [0.2, 0.25) is 0 Å². The summed E-state index contributed by atoms with van der Waals surface area (Å²) < 4.78 is 0. The van der Waals surface area contributed by atoms with Crippen molar-refractivity contribution in [2.45, 2.75) is 40.5 Å². The van der Waals surface area contributed by atoms with Crippen molar-refractivity contribution in [2.24, 2.45) is 11.3 Å². The van der Waals surface area contributed by atoms with E-state index >= 15 is 0 Å². The predicted molar refractivity (Wildman–Crippen MR) is 45.9 cm³/mol. The van der Waals surface area contributed by atoms with Crippen molar-refractivity contribution < 1.29 is 0 Å². The fourth-order valence-electron chi connectivity index (χ4n) is 2.06. The Bertz CT molecular complexity index is 151. The van der Waals surface area contributed by atoms with Crippen molar-refractivity contribution in [3.05, 3.63) is 11.6 Å². The van der Waals surface area contributed by atoms with Gasteiger partial charge in [-0.25, -0.2) is 0 Å². The number of rotatable bonds is 1. The average molecular weight is 138 g/mol. The summed E-state index contributed by atoms with van der Waals surface area (Å²) >= 11 is 0. The first kappa shape index (κ1) is 7.84. The molecule has 0 spiro atoms. The molecule has 0 saturated carbocycles. The number of hydrogen-bond donors (Lipinski definition) is 0. The lowest BCUT2D eigenvalue weighted by molar-refractivity contribution is 0.398. The second-order valence-corrected chi connectivity index (χ2v) is 4.19. The van der Waals surface area contributed by atoms with E-state index in [-0.39, 0.29) is 0 Å². The normalized spacial score (nSPS) is 30.4. The lowest BCUT2D eigenvalue weighted by atomic mass is 9.89. The highest BCUT2D eigenvalue weighted by Crippen LogP contribution is 2.40. The number of hydrogen-bond acceptors (Lipinski definition) is 0. The molecule has 0 amide bonds. The fraction of sp³-hybridized carbons (Fsp3) is 0.800. The molecule has 0 saturated heterocycles. The molecule has 10 heavy (non-hydrogen) atoms. The summed E-state index contributed by atoms with van der Waals surface area (Å²) in [5.41, 5.74) is 2.08. The lowest BCUT2D eigenvalue weighted by Crippen LogP contribution is -2.05. The molecule has 0 aromatic rings. The minimum Gasteiger partial charge on any atom is -0.0796 e. The molecule has 0 aliphatic heterocycles. The molecule has 1 rings (SSSR count). The van der Waals surface area contributed by atoms with Gasteiger partial charge in [-0.2, -0.15) is 0 Å². The Morgan fingerprint density at radius 1 is 1.60 bits per heavy atom. The van der Waals surface area contributed by atoms with Crippen LogP contribution in [0, 0.1) is 11.3 Å². The molecule has 0 N–H and O–H groups in total. The summed E-state index contributed by atoms with van der Waals surface area (Å²) in [6.45, 7) is 9.20. The van der Waals surface area contributed by atoms with Gasteiger partial charge in [-0.1, -0.05) is 32.4 Å². The molecule has 0 bridgehead atoms. The second kappa shape index (κ2) is 2.41. The van der Waals surface area contributed by atoms with E-state index in [0.717, 1.165) is 5.92 Å². The zero-order valence-corrected chi connectivity index (χ0v) is 7.57. The summed E-state index contributed by atoms with van der Waals surface area (Å²) in [6, 6.07) is 0. The van der Waals surface area contributed by atoms with Crippen LogP contribution in [0.5, 0.6) is 0 Å². The van der Waals surface area contributed by atoms with Crippen LogP contribution in [-0.4, -0.2) is 0 Å². The molecule has 58 valence electrons. The van der Waals surface area contributed by atoms with Gasteiger partial charge in [-0.3, -0.25) is 0 Å². The Balaban J connectivity index is 2.68. The van der Waals surface area contributed by atoms with Crippen molar-refractivity contribution in [3.8, 4) is 0 Å². The van der Waals surface area contributed by atoms with Crippen molar-refractivity contribution >= 4 is 0 Å². The fourth-order valence-corrected chi connectivity index (χ4v) is 2.06. The smallest absolute Gasteiger partial charge is 0.0166 e. The largest absolute Gasteiger partial charge is 0.0796 e. The van der Waals surface area contributed by atoms with Gasteiger partial charge in [0, 0.05) is 0 Å². The number of allylic oxidation sites excluding steroid dienone is 2. The van der Waals surface area contributed by atoms with Crippen molar-refractivity contribution in [3.63, 3.8) is 0 Å². The molecule has 1 aliphatic rings. The summed E-state index contributed by atoms with van der Waals surface area (Å²) in [4.78, 5) is 0. The Morgan fingerprint density at radius 2 is 2.20 bits per heavy atom. The highest BCUT2D eigenvalue weighted by Gasteiger charge is 2.27. The third-order valence-corrected chi connectivity index (χ3v) is 2.53. The van der Waals surface area contributed by atoms with E-state index in [1.54, 1.807) is 5.57 Å². The van der Waals surface area contributed by atoms with Gasteiger partial charge >= 0.3 is 0 Å². The first-order valence-corrected chi connectivity index (χ1v) is 4.24. The molecular formula is C10H18. The maximum Gasteiger partial charge on any atom is -0.0166 e. The van der Waals surface area contributed by atoms with Crippen molar-refractivity contribution in [2.75, 3.05) is 0 Å². The Kier molecular flexibility index (Phi) is 1.89. The van der Waals surface area contributed by atoms with Crippen LogP contribution in [0.4, 0.5) is 0 Å². The van der Waals surface area contributed by atoms with E-state index in [1.807, 2.05) is 0 Å². The zero-order chi connectivity index (χ0) is 7.78. The van der Waals surface area contributed by atoms with Crippen LogP contribution in [0.25, 0.3) is 0 Å². The highest BCUT2D eigenvalue weighted by molar-refractivity contribution is 5.16. The third-order valence-electron chi connectivity index (χ3n) is 2.53. The zero-order valence-electron chi connectivity index (χ0n) is 7.57. The molecular weight excluding hydrogens is 120 g/mol. The predicted octanol–water partition coefficient (Wildman–Crippen LogP) is 3.39. The monoisotopic (exact) mass is 138 g/mol. The van der Waals surface area contributed by atoms with Crippen molar-refractivity contribution in [1.29, 1.82) is 0 Å². The van der Waals surface area contributed by atoms with E-state index < -0.39 is 0 Å². The van der Waals surface area contributed by atoms with Crippen molar-refractivity contribution in [1.82, 2.24) is 0 Å². The molecule has 1 unspecified atom stereocenters. The minimum atomic E-state index is 0.477. The molecule has 0 aromatic heterocycles. The van der Waals surface area contributed by atoms with E-state index in [1.165, 1.54) is 12.8 Å². The van der Waals surface area contributed by atoms with Gasteiger partial charge in [0.2, 0.25) is 0 Å². The highest BCUT2D eigenvalue weighted by atomic mass is 14.3. The van der Waals surface area contributed by atoms with Gasteiger partial charge in [0.25, 0.3) is 0 Å². The van der Waals surface area contributed by atoms with E-state index in [2.05, 4.69) is 33.8 Å². The first-order chi connectivity index (χ1) is 4.55. The van der Waals surface area contributed by atoms with Crippen LogP contribution in [0.1, 0.15) is 40.5 Å².